The number of carboxylic acid groups (broad SMARTS) is 1. The maximum absolute atomic E-state index is 14.1. The highest BCUT2D eigenvalue weighted by molar-refractivity contribution is 5.97. The highest BCUT2D eigenvalue weighted by atomic mass is 19.1. The predicted octanol–water partition coefficient (Wildman–Crippen LogP) is 2.97. The Hall–Kier alpha value is -2.44. The molecule has 1 aromatic carbocycles. The van der Waals surface area contributed by atoms with Crippen molar-refractivity contribution >= 4 is 23.0 Å². The van der Waals surface area contributed by atoms with E-state index in [9.17, 15) is 14.0 Å². The van der Waals surface area contributed by atoms with Crippen molar-refractivity contribution in [2.24, 2.45) is 0 Å². The Balaban J connectivity index is 2.62. The van der Waals surface area contributed by atoms with Crippen LogP contribution in [-0.4, -0.2) is 32.6 Å². The second kappa shape index (κ2) is 4.83. The Morgan fingerprint density at radius 1 is 1.33 bits per heavy atom. The van der Waals surface area contributed by atoms with Crippen LogP contribution in [0.1, 0.15) is 36.8 Å². The number of aromatic carboxylic acids is 1. The van der Waals surface area contributed by atoms with Crippen molar-refractivity contribution in [3.63, 3.8) is 0 Å². The molecular formula is C14H15FN2O4. The van der Waals surface area contributed by atoms with Gasteiger partial charge in [0.2, 0.25) is 0 Å². The van der Waals surface area contributed by atoms with E-state index in [2.05, 4.69) is 5.10 Å². The van der Waals surface area contributed by atoms with Gasteiger partial charge in [0.25, 0.3) is 0 Å². The molecule has 0 unspecified atom stereocenters. The SMILES string of the molecule is Cc1nn(C(=O)OC(C)(C)C)c2c(F)cc(C(=O)O)cc12. The second-order valence-electron chi connectivity index (χ2n) is 5.64. The van der Waals surface area contributed by atoms with Gasteiger partial charge in [-0.3, -0.25) is 0 Å². The van der Waals surface area contributed by atoms with Crippen LogP contribution in [0.5, 0.6) is 0 Å². The van der Waals surface area contributed by atoms with E-state index in [4.69, 9.17) is 9.84 Å². The van der Waals surface area contributed by atoms with Crippen LogP contribution in [0, 0.1) is 12.7 Å². The molecule has 1 N–H and O–H groups in total. The molecule has 0 bridgehead atoms. The molecule has 21 heavy (non-hydrogen) atoms. The Morgan fingerprint density at radius 2 is 1.95 bits per heavy atom. The number of rotatable bonds is 1. The molecular weight excluding hydrogens is 279 g/mol. The molecule has 6 nitrogen and oxygen atoms in total. The summed E-state index contributed by atoms with van der Waals surface area (Å²) in [4.78, 5) is 23.0. The van der Waals surface area contributed by atoms with Gasteiger partial charge >= 0.3 is 12.1 Å². The summed E-state index contributed by atoms with van der Waals surface area (Å²) in [7, 11) is 0. The zero-order valence-corrected chi connectivity index (χ0v) is 12.1. The molecule has 0 fully saturated rings. The van der Waals surface area contributed by atoms with Gasteiger partial charge in [-0.25, -0.2) is 14.0 Å². The van der Waals surface area contributed by atoms with Crippen molar-refractivity contribution in [1.82, 2.24) is 9.78 Å². The van der Waals surface area contributed by atoms with E-state index in [1.165, 1.54) is 6.07 Å². The minimum atomic E-state index is -1.25. The average molecular weight is 294 g/mol. The summed E-state index contributed by atoms with van der Waals surface area (Å²) in [5, 5.41) is 13.1. The van der Waals surface area contributed by atoms with Gasteiger partial charge in [0.1, 0.15) is 11.1 Å². The smallest absolute Gasteiger partial charge is 0.435 e. The number of aromatic nitrogens is 2. The molecule has 0 aliphatic carbocycles. The lowest BCUT2D eigenvalue weighted by Gasteiger charge is -2.19. The molecule has 0 radical (unpaired) electrons. The topological polar surface area (TPSA) is 81.4 Å². The number of halogens is 1. The molecule has 0 spiro atoms. The molecule has 0 atom stereocenters. The first kappa shape index (κ1) is 15.0. The Bertz CT molecular complexity index is 743. The van der Waals surface area contributed by atoms with Gasteiger partial charge in [0.15, 0.2) is 5.82 Å². The van der Waals surface area contributed by atoms with Crippen molar-refractivity contribution < 1.29 is 23.8 Å². The number of carboxylic acids is 1. The van der Waals surface area contributed by atoms with E-state index in [1.807, 2.05) is 0 Å². The fraction of sp³-hybridized carbons (Fsp3) is 0.357. The fourth-order valence-electron chi connectivity index (χ4n) is 1.90. The zero-order valence-electron chi connectivity index (χ0n) is 12.1. The van der Waals surface area contributed by atoms with Crippen LogP contribution in [0.4, 0.5) is 9.18 Å². The Kier molecular flexibility index (Phi) is 3.44. The summed E-state index contributed by atoms with van der Waals surface area (Å²) < 4.78 is 20.1. The number of carbonyl (C=O) groups excluding carboxylic acids is 1. The third-order valence-electron chi connectivity index (χ3n) is 2.73. The normalized spacial score (nSPS) is 11.7. The summed E-state index contributed by atoms with van der Waals surface area (Å²) in [5.74, 6) is -2.09. The molecule has 0 aliphatic heterocycles. The van der Waals surface area contributed by atoms with E-state index in [0.717, 1.165) is 10.7 Å². The van der Waals surface area contributed by atoms with Crippen molar-refractivity contribution in [3.8, 4) is 0 Å². The van der Waals surface area contributed by atoms with Crippen LogP contribution in [0.25, 0.3) is 10.9 Å². The van der Waals surface area contributed by atoms with E-state index < -0.39 is 23.5 Å². The first-order valence-electron chi connectivity index (χ1n) is 6.25. The maximum atomic E-state index is 14.1. The molecule has 2 aromatic rings. The van der Waals surface area contributed by atoms with Crippen molar-refractivity contribution in [2.45, 2.75) is 33.3 Å². The molecule has 0 amide bonds. The van der Waals surface area contributed by atoms with Crippen LogP contribution in [0.3, 0.4) is 0 Å². The lowest BCUT2D eigenvalue weighted by Crippen LogP contribution is -2.28. The first-order chi connectivity index (χ1) is 9.60. The molecule has 112 valence electrons. The standard InChI is InChI=1S/C14H15FN2O4/c1-7-9-5-8(12(18)19)6-10(15)11(9)17(16-7)13(20)21-14(2,3)4/h5-6H,1-4H3,(H,18,19). The molecule has 1 heterocycles. The summed E-state index contributed by atoms with van der Waals surface area (Å²) in [6.45, 7) is 6.61. The maximum Gasteiger partial charge on any atom is 0.435 e. The monoisotopic (exact) mass is 294 g/mol. The minimum Gasteiger partial charge on any atom is -0.478 e. The number of benzene rings is 1. The highest BCUT2D eigenvalue weighted by Crippen LogP contribution is 2.24. The van der Waals surface area contributed by atoms with Crippen molar-refractivity contribution in [3.05, 3.63) is 29.2 Å². The molecule has 0 saturated heterocycles. The Labute approximate surface area is 120 Å². The van der Waals surface area contributed by atoms with Gasteiger partial charge < -0.3 is 9.84 Å². The van der Waals surface area contributed by atoms with Gasteiger partial charge in [-0.2, -0.15) is 9.78 Å². The second-order valence-corrected chi connectivity index (χ2v) is 5.64. The summed E-state index contributed by atoms with van der Waals surface area (Å²) in [6, 6.07) is 2.14. The number of hydrogen-bond donors (Lipinski definition) is 1. The number of nitrogens with zero attached hydrogens (tertiary/aromatic N) is 2. The van der Waals surface area contributed by atoms with Gasteiger partial charge in [-0.05, 0) is 39.8 Å². The van der Waals surface area contributed by atoms with Gasteiger partial charge in [-0.15, -0.1) is 0 Å². The van der Waals surface area contributed by atoms with Crippen LogP contribution in [0.15, 0.2) is 12.1 Å². The molecule has 1 aromatic heterocycles. The molecule has 2 rings (SSSR count). The molecule has 0 saturated carbocycles. The Morgan fingerprint density at radius 3 is 2.48 bits per heavy atom. The predicted molar refractivity (Wildman–Crippen MR) is 73.0 cm³/mol. The van der Waals surface area contributed by atoms with Crippen LogP contribution < -0.4 is 0 Å². The number of carbonyl (C=O) groups is 2. The number of ether oxygens (including phenoxy) is 1. The number of hydrogen-bond acceptors (Lipinski definition) is 4. The van der Waals surface area contributed by atoms with E-state index in [1.54, 1.807) is 27.7 Å². The van der Waals surface area contributed by atoms with Gasteiger partial charge in [0.05, 0.1) is 11.3 Å². The van der Waals surface area contributed by atoms with E-state index in [0.29, 0.717) is 5.69 Å². The van der Waals surface area contributed by atoms with Crippen LogP contribution >= 0.6 is 0 Å². The fourth-order valence-corrected chi connectivity index (χ4v) is 1.90. The van der Waals surface area contributed by atoms with E-state index in [-0.39, 0.29) is 16.5 Å². The number of aryl methyl sites for hydroxylation is 1. The van der Waals surface area contributed by atoms with Crippen LogP contribution in [0.2, 0.25) is 0 Å². The quantitative estimate of drug-likeness (QED) is 0.874. The third-order valence-corrected chi connectivity index (χ3v) is 2.73. The zero-order chi connectivity index (χ0) is 15.9. The largest absolute Gasteiger partial charge is 0.478 e. The summed E-state index contributed by atoms with van der Waals surface area (Å²) >= 11 is 0. The summed E-state index contributed by atoms with van der Waals surface area (Å²) in [6.07, 6.45) is -0.817. The average Bonchev–Trinajstić information content (AvgIpc) is 2.65. The van der Waals surface area contributed by atoms with E-state index >= 15 is 0 Å². The van der Waals surface area contributed by atoms with Crippen molar-refractivity contribution in [1.29, 1.82) is 0 Å². The molecule has 0 aliphatic rings. The lowest BCUT2D eigenvalue weighted by molar-refractivity contribution is 0.0520. The highest BCUT2D eigenvalue weighted by Gasteiger charge is 2.24. The minimum absolute atomic E-state index is 0.0910. The third kappa shape index (κ3) is 2.86. The molecule has 7 heteroatoms. The van der Waals surface area contributed by atoms with Gasteiger partial charge in [0, 0.05) is 5.39 Å². The number of fused-ring (bicyclic) bond motifs is 1. The van der Waals surface area contributed by atoms with Crippen LogP contribution in [-0.2, 0) is 4.74 Å². The summed E-state index contributed by atoms with van der Waals surface area (Å²) in [5.41, 5.74) is -0.697. The van der Waals surface area contributed by atoms with Gasteiger partial charge in [-0.1, -0.05) is 0 Å². The first-order valence-corrected chi connectivity index (χ1v) is 6.25. The van der Waals surface area contributed by atoms with Crippen molar-refractivity contribution in [2.75, 3.05) is 0 Å². The lowest BCUT2D eigenvalue weighted by atomic mass is 10.1.